The zero-order valence-electron chi connectivity index (χ0n) is 8.77. The minimum absolute atomic E-state index is 0.965. The minimum Gasteiger partial charge on any atom is -0.148 e. The summed E-state index contributed by atoms with van der Waals surface area (Å²) in [6, 6.07) is 8.49. The lowest BCUT2D eigenvalue weighted by Gasteiger charge is -2.10. The number of allylic oxidation sites excluding steroid dienone is 5. The van der Waals surface area contributed by atoms with Gasteiger partial charge in [-0.15, -0.1) is 12.6 Å². The fourth-order valence-corrected chi connectivity index (χ4v) is 1.85. The first-order valence-electron chi connectivity index (χ1n) is 5.09. The first kappa shape index (κ1) is 10.3. The molecular formula is C14H14S. The second kappa shape index (κ2) is 4.54. The predicted octanol–water partition coefficient (Wildman–Crippen LogP) is 4.02. The van der Waals surface area contributed by atoms with Crippen LogP contribution in [-0.4, -0.2) is 0 Å². The van der Waals surface area contributed by atoms with Gasteiger partial charge in [0, 0.05) is 0 Å². The van der Waals surface area contributed by atoms with Crippen LogP contribution in [0.15, 0.2) is 53.0 Å². The molecule has 0 N–H and O–H groups in total. The van der Waals surface area contributed by atoms with Crippen LogP contribution in [0.5, 0.6) is 0 Å². The molecule has 0 unspecified atom stereocenters. The molecule has 0 radical (unpaired) electrons. The number of benzene rings is 1. The number of thiol groups is 1. The molecule has 2 rings (SSSR count). The van der Waals surface area contributed by atoms with Crippen LogP contribution in [0.25, 0.3) is 6.08 Å². The van der Waals surface area contributed by atoms with Crippen molar-refractivity contribution >= 4 is 18.7 Å². The summed E-state index contributed by atoms with van der Waals surface area (Å²) < 4.78 is 0. The van der Waals surface area contributed by atoms with Gasteiger partial charge in [-0.25, -0.2) is 0 Å². The van der Waals surface area contributed by atoms with E-state index in [-0.39, 0.29) is 0 Å². The van der Waals surface area contributed by atoms with Gasteiger partial charge in [0.1, 0.15) is 0 Å². The van der Waals surface area contributed by atoms with E-state index in [0.29, 0.717) is 0 Å². The Hall–Kier alpha value is -1.21. The molecule has 0 atom stereocenters. The summed E-state index contributed by atoms with van der Waals surface area (Å²) in [7, 11) is 0. The fourth-order valence-electron chi connectivity index (χ4n) is 1.70. The van der Waals surface area contributed by atoms with Crippen molar-refractivity contribution in [2.45, 2.75) is 13.3 Å². The Labute approximate surface area is 96.4 Å². The molecule has 1 aromatic carbocycles. The van der Waals surface area contributed by atoms with Crippen LogP contribution in [-0.2, 0) is 6.42 Å². The predicted molar refractivity (Wildman–Crippen MR) is 70.0 cm³/mol. The highest BCUT2D eigenvalue weighted by Crippen LogP contribution is 2.21. The molecule has 0 nitrogen and oxygen atoms in total. The SMILES string of the molecule is C\C(S)=C1/C=C\C=C/c2ccccc2C1. The van der Waals surface area contributed by atoms with Gasteiger partial charge in [-0.3, -0.25) is 0 Å². The summed E-state index contributed by atoms with van der Waals surface area (Å²) in [6.07, 6.45) is 9.40. The number of rotatable bonds is 0. The minimum atomic E-state index is 0.965. The molecule has 0 bridgehead atoms. The van der Waals surface area contributed by atoms with Gasteiger partial charge in [-0.1, -0.05) is 48.6 Å². The Morgan fingerprint density at radius 1 is 1.13 bits per heavy atom. The Morgan fingerprint density at radius 2 is 1.87 bits per heavy atom. The maximum atomic E-state index is 4.42. The standard InChI is InChI=1S/C14H14S/c1-11(15)13-8-4-2-6-12-7-3-5-9-14(12)10-13/h2-9,15H,10H2,1H3/b6-2-,8-4-,13-11-. The highest BCUT2D eigenvalue weighted by Gasteiger charge is 2.04. The number of fused-ring (bicyclic) bond motifs is 1. The van der Waals surface area contributed by atoms with Gasteiger partial charge in [0.15, 0.2) is 0 Å². The lowest BCUT2D eigenvalue weighted by atomic mass is 9.97. The van der Waals surface area contributed by atoms with Crippen molar-refractivity contribution in [3.8, 4) is 0 Å². The van der Waals surface area contributed by atoms with Gasteiger partial charge in [0.25, 0.3) is 0 Å². The van der Waals surface area contributed by atoms with Crippen molar-refractivity contribution in [2.24, 2.45) is 0 Å². The second-order valence-corrected chi connectivity index (χ2v) is 4.38. The molecule has 15 heavy (non-hydrogen) atoms. The van der Waals surface area contributed by atoms with Crippen LogP contribution in [0.1, 0.15) is 18.1 Å². The lowest BCUT2D eigenvalue weighted by molar-refractivity contribution is 1.17. The Bertz CT molecular complexity index is 446. The van der Waals surface area contributed by atoms with E-state index in [0.717, 1.165) is 11.3 Å². The fraction of sp³-hybridized carbons (Fsp3) is 0.143. The lowest BCUT2D eigenvalue weighted by Crippen LogP contribution is -1.94. The van der Waals surface area contributed by atoms with Crippen molar-refractivity contribution in [1.82, 2.24) is 0 Å². The third-order valence-corrected chi connectivity index (χ3v) is 2.87. The molecule has 0 fully saturated rings. The van der Waals surface area contributed by atoms with Crippen molar-refractivity contribution in [3.63, 3.8) is 0 Å². The highest BCUT2D eigenvalue weighted by atomic mass is 32.1. The van der Waals surface area contributed by atoms with Crippen molar-refractivity contribution in [1.29, 1.82) is 0 Å². The van der Waals surface area contributed by atoms with Crippen molar-refractivity contribution < 1.29 is 0 Å². The molecule has 1 aliphatic carbocycles. The molecule has 1 aliphatic rings. The molecule has 0 spiro atoms. The molecule has 76 valence electrons. The van der Waals surface area contributed by atoms with E-state index in [4.69, 9.17) is 0 Å². The summed E-state index contributed by atoms with van der Waals surface area (Å²) in [5.74, 6) is 0. The number of hydrogen-bond donors (Lipinski definition) is 1. The molecule has 1 aromatic rings. The summed E-state index contributed by atoms with van der Waals surface area (Å²) in [4.78, 5) is 1.09. The van der Waals surface area contributed by atoms with Crippen LogP contribution in [0.3, 0.4) is 0 Å². The molecule has 0 amide bonds. The normalized spacial score (nSPS) is 22.3. The van der Waals surface area contributed by atoms with Crippen molar-refractivity contribution in [3.05, 3.63) is 64.1 Å². The average molecular weight is 214 g/mol. The van der Waals surface area contributed by atoms with Crippen molar-refractivity contribution in [2.75, 3.05) is 0 Å². The Balaban J connectivity index is 2.49. The van der Waals surface area contributed by atoms with Crippen LogP contribution in [0, 0.1) is 0 Å². The van der Waals surface area contributed by atoms with E-state index in [9.17, 15) is 0 Å². The van der Waals surface area contributed by atoms with Gasteiger partial charge >= 0.3 is 0 Å². The van der Waals surface area contributed by atoms with E-state index in [1.54, 1.807) is 0 Å². The van der Waals surface area contributed by atoms with E-state index in [1.807, 2.05) is 6.92 Å². The summed E-state index contributed by atoms with van der Waals surface area (Å²) >= 11 is 4.42. The summed E-state index contributed by atoms with van der Waals surface area (Å²) in [6.45, 7) is 2.04. The topological polar surface area (TPSA) is 0 Å². The third-order valence-electron chi connectivity index (χ3n) is 2.59. The summed E-state index contributed by atoms with van der Waals surface area (Å²) in [5.41, 5.74) is 3.95. The van der Waals surface area contributed by atoms with Gasteiger partial charge in [0.05, 0.1) is 0 Å². The molecule has 0 saturated heterocycles. The molecule has 0 heterocycles. The molecule has 0 aliphatic heterocycles. The molecular weight excluding hydrogens is 200 g/mol. The van der Waals surface area contributed by atoms with E-state index in [2.05, 4.69) is 61.2 Å². The Kier molecular flexibility index (Phi) is 3.12. The zero-order valence-corrected chi connectivity index (χ0v) is 9.67. The number of hydrogen-bond acceptors (Lipinski definition) is 1. The average Bonchev–Trinajstić information content (AvgIpc) is 2.18. The van der Waals surface area contributed by atoms with E-state index < -0.39 is 0 Å². The van der Waals surface area contributed by atoms with Crippen LogP contribution < -0.4 is 0 Å². The first-order valence-corrected chi connectivity index (χ1v) is 5.53. The Morgan fingerprint density at radius 3 is 2.67 bits per heavy atom. The quantitative estimate of drug-likeness (QED) is 0.620. The van der Waals surface area contributed by atoms with Gasteiger partial charge in [-0.05, 0) is 34.9 Å². The molecule has 1 heteroatoms. The van der Waals surface area contributed by atoms with Gasteiger partial charge in [0.2, 0.25) is 0 Å². The van der Waals surface area contributed by atoms with Gasteiger partial charge in [-0.2, -0.15) is 0 Å². The second-order valence-electron chi connectivity index (χ2n) is 3.70. The maximum absolute atomic E-state index is 4.42. The van der Waals surface area contributed by atoms with Crippen LogP contribution >= 0.6 is 12.6 Å². The molecule has 0 saturated carbocycles. The van der Waals surface area contributed by atoms with E-state index >= 15 is 0 Å². The van der Waals surface area contributed by atoms with Crippen LogP contribution in [0.2, 0.25) is 0 Å². The zero-order chi connectivity index (χ0) is 10.7. The molecule has 0 aromatic heterocycles. The smallest absolute Gasteiger partial charge is 0.00122 e. The third kappa shape index (κ3) is 2.42. The van der Waals surface area contributed by atoms with Gasteiger partial charge < -0.3 is 0 Å². The first-order chi connectivity index (χ1) is 7.27. The maximum Gasteiger partial charge on any atom is -0.00122 e. The monoisotopic (exact) mass is 214 g/mol. The summed E-state index contributed by atoms with van der Waals surface area (Å²) in [5, 5.41) is 0. The largest absolute Gasteiger partial charge is 0.148 e. The van der Waals surface area contributed by atoms with Crippen LogP contribution in [0.4, 0.5) is 0 Å². The highest BCUT2D eigenvalue weighted by molar-refractivity contribution is 7.84. The van der Waals surface area contributed by atoms with E-state index in [1.165, 1.54) is 16.7 Å².